The molecule has 4 nitrogen and oxygen atoms in total. The molecule has 1 aliphatic carbocycles. The van der Waals surface area contributed by atoms with Crippen LogP contribution in [0.25, 0.3) is 0 Å². The molecule has 0 radical (unpaired) electrons. The maximum absolute atomic E-state index is 11.5. The van der Waals surface area contributed by atoms with Gasteiger partial charge < -0.3 is 14.5 Å². The van der Waals surface area contributed by atoms with E-state index < -0.39 is 8.32 Å². The van der Waals surface area contributed by atoms with Gasteiger partial charge in [0.15, 0.2) is 8.32 Å². The SMILES string of the molecule is C=CC[C@H](NC(=O)OC)C1CCC(CO[Si](C)(C)C(C)(C)C)CC1. The highest BCUT2D eigenvalue weighted by Crippen LogP contribution is 2.38. The summed E-state index contributed by atoms with van der Waals surface area (Å²) >= 11 is 0. The minimum atomic E-state index is -1.65. The van der Waals surface area contributed by atoms with Gasteiger partial charge in [0.05, 0.1) is 7.11 Å². The normalized spacial score (nSPS) is 23.4. The molecule has 5 heteroatoms. The Balaban J connectivity index is 2.47. The Morgan fingerprint density at radius 1 is 1.29 bits per heavy atom. The summed E-state index contributed by atoms with van der Waals surface area (Å²) in [6, 6.07) is 0.136. The van der Waals surface area contributed by atoms with Crippen molar-refractivity contribution in [3.63, 3.8) is 0 Å². The van der Waals surface area contributed by atoms with E-state index in [1.165, 1.54) is 20.0 Å². The molecule has 1 amide bonds. The monoisotopic (exact) mass is 355 g/mol. The molecular weight excluding hydrogens is 318 g/mol. The van der Waals surface area contributed by atoms with Crippen molar-refractivity contribution >= 4 is 14.4 Å². The van der Waals surface area contributed by atoms with Crippen molar-refractivity contribution in [2.75, 3.05) is 13.7 Å². The van der Waals surface area contributed by atoms with E-state index in [1.54, 1.807) is 0 Å². The zero-order chi connectivity index (χ0) is 18.4. The lowest BCUT2D eigenvalue weighted by atomic mass is 9.78. The molecule has 0 saturated heterocycles. The number of alkyl carbamates (subject to hydrolysis) is 1. The van der Waals surface area contributed by atoms with E-state index in [0.717, 1.165) is 25.9 Å². The fourth-order valence-electron chi connectivity index (χ4n) is 3.06. The lowest BCUT2D eigenvalue weighted by Crippen LogP contribution is -2.43. The van der Waals surface area contributed by atoms with Gasteiger partial charge >= 0.3 is 6.09 Å². The third-order valence-corrected chi connectivity index (χ3v) is 10.4. The summed E-state index contributed by atoms with van der Waals surface area (Å²) in [5.74, 6) is 1.16. The minimum absolute atomic E-state index is 0.136. The van der Waals surface area contributed by atoms with Crippen LogP contribution in [-0.2, 0) is 9.16 Å². The molecule has 1 atom stereocenters. The van der Waals surface area contributed by atoms with Gasteiger partial charge in [0.1, 0.15) is 0 Å². The Morgan fingerprint density at radius 3 is 2.33 bits per heavy atom. The van der Waals surface area contributed by atoms with Crippen LogP contribution in [0.15, 0.2) is 12.7 Å². The van der Waals surface area contributed by atoms with Crippen molar-refractivity contribution < 1.29 is 14.0 Å². The number of hydrogen-bond donors (Lipinski definition) is 1. The van der Waals surface area contributed by atoms with E-state index in [4.69, 9.17) is 9.16 Å². The van der Waals surface area contributed by atoms with E-state index in [9.17, 15) is 4.79 Å². The molecule has 1 rings (SSSR count). The molecule has 1 aliphatic rings. The van der Waals surface area contributed by atoms with E-state index in [2.05, 4.69) is 45.8 Å². The topological polar surface area (TPSA) is 47.6 Å². The first-order valence-electron chi connectivity index (χ1n) is 9.20. The highest BCUT2D eigenvalue weighted by molar-refractivity contribution is 6.74. The number of carbonyl (C=O) groups is 1. The summed E-state index contributed by atoms with van der Waals surface area (Å²) in [4.78, 5) is 11.5. The van der Waals surface area contributed by atoms with Gasteiger partial charge in [-0.1, -0.05) is 26.8 Å². The van der Waals surface area contributed by atoms with E-state index >= 15 is 0 Å². The summed E-state index contributed by atoms with van der Waals surface area (Å²) in [5, 5.41) is 3.24. The summed E-state index contributed by atoms with van der Waals surface area (Å²) in [5.41, 5.74) is 0. The average Bonchev–Trinajstić information content (AvgIpc) is 2.52. The first-order chi connectivity index (χ1) is 11.1. The Morgan fingerprint density at radius 2 is 1.88 bits per heavy atom. The molecule has 1 N–H and O–H groups in total. The van der Waals surface area contributed by atoms with Crippen LogP contribution in [0.4, 0.5) is 4.79 Å². The predicted molar refractivity (Wildman–Crippen MR) is 103 cm³/mol. The van der Waals surface area contributed by atoms with E-state index in [0.29, 0.717) is 11.8 Å². The molecule has 0 aliphatic heterocycles. The van der Waals surface area contributed by atoms with Gasteiger partial charge in [-0.05, 0) is 62.1 Å². The van der Waals surface area contributed by atoms with Crippen LogP contribution < -0.4 is 5.32 Å². The number of amides is 1. The summed E-state index contributed by atoms with van der Waals surface area (Å²) < 4.78 is 11.1. The summed E-state index contributed by atoms with van der Waals surface area (Å²) in [7, 11) is -0.242. The van der Waals surface area contributed by atoms with Gasteiger partial charge in [0, 0.05) is 12.6 Å². The second kappa shape index (κ2) is 9.04. The van der Waals surface area contributed by atoms with Gasteiger partial charge in [-0.2, -0.15) is 0 Å². The molecule has 24 heavy (non-hydrogen) atoms. The summed E-state index contributed by atoms with van der Waals surface area (Å²) in [6.45, 7) is 16.2. The van der Waals surface area contributed by atoms with Crippen molar-refractivity contribution in [2.24, 2.45) is 11.8 Å². The number of ether oxygens (including phenoxy) is 1. The molecular formula is C19H37NO3Si. The molecule has 0 unspecified atom stereocenters. The number of rotatable bonds is 7. The zero-order valence-electron chi connectivity index (χ0n) is 16.5. The van der Waals surface area contributed by atoms with E-state index in [-0.39, 0.29) is 17.2 Å². The molecule has 0 aromatic rings. The lowest BCUT2D eigenvalue weighted by molar-refractivity contribution is 0.139. The van der Waals surface area contributed by atoms with Crippen LogP contribution in [-0.4, -0.2) is 34.2 Å². The van der Waals surface area contributed by atoms with E-state index in [1.807, 2.05) is 6.08 Å². The predicted octanol–water partition coefficient (Wildman–Crippen LogP) is 5.12. The van der Waals surface area contributed by atoms with Gasteiger partial charge in [-0.15, -0.1) is 6.58 Å². The largest absolute Gasteiger partial charge is 0.453 e. The fourth-order valence-corrected chi connectivity index (χ4v) is 4.14. The van der Waals surface area contributed by atoms with Gasteiger partial charge in [0.2, 0.25) is 0 Å². The maximum atomic E-state index is 11.5. The van der Waals surface area contributed by atoms with Crippen LogP contribution in [0.2, 0.25) is 18.1 Å². The molecule has 0 aromatic heterocycles. The van der Waals surface area contributed by atoms with Gasteiger partial charge in [-0.3, -0.25) is 0 Å². The Kier molecular flexibility index (Phi) is 8.00. The quantitative estimate of drug-likeness (QED) is 0.509. The molecule has 140 valence electrons. The Labute approximate surface area is 149 Å². The van der Waals surface area contributed by atoms with Crippen LogP contribution in [0.5, 0.6) is 0 Å². The van der Waals surface area contributed by atoms with Gasteiger partial charge in [0.25, 0.3) is 0 Å². The summed E-state index contributed by atoms with van der Waals surface area (Å²) in [6.07, 6.45) is 6.96. The molecule has 0 heterocycles. The van der Waals surface area contributed by atoms with Crippen molar-refractivity contribution in [3.05, 3.63) is 12.7 Å². The third-order valence-electron chi connectivity index (χ3n) is 5.86. The van der Waals surface area contributed by atoms with Crippen LogP contribution in [0.1, 0.15) is 52.9 Å². The van der Waals surface area contributed by atoms with Crippen molar-refractivity contribution in [1.29, 1.82) is 0 Å². The zero-order valence-corrected chi connectivity index (χ0v) is 17.5. The maximum Gasteiger partial charge on any atom is 0.407 e. The van der Waals surface area contributed by atoms with Gasteiger partial charge in [-0.25, -0.2) is 4.79 Å². The van der Waals surface area contributed by atoms with Crippen molar-refractivity contribution in [1.82, 2.24) is 5.32 Å². The smallest absolute Gasteiger partial charge is 0.407 e. The first-order valence-corrected chi connectivity index (χ1v) is 12.1. The molecule has 1 fully saturated rings. The van der Waals surface area contributed by atoms with Crippen molar-refractivity contribution in [3.8, 4) is 0 Å². The number of carbonyl (C=O) groups excluding carboxylic acids is 1. The Bertz CT molecular complexity index is 409. The molecule has 0 bridgehead atoms. The highest BCUT2D eigenvalue weighted by atomic mass is 28.4. The Hall–Kier alpha value is -0.813. The number of nitrogens with one attached hydrogen (secondary N) is 1. The lowest BCUT2D eigenvalue weighted by Gasteiger charge is -2.39. The van der Waals surface area contributed by atoms with Crippen LogP contribution in [0, 0.1) is 11.8 Å². The van der Waals surface area contributed by atoms with Crippen molar-refractivity contribution in [2.45, 2.75) is 77.0 Å². The first kappa shape index (κ1) is 21.2. The third kappa shape index (κ3) is 6.24. The fraction of sp³-hybridized carbons (Fsp3) is 0.842. The second-order valence-corrected chi connectivity index (χ2v) is 13.4. The average molecular weight is 356 g/mol. The highest BCUT2D eigenvalue weighted by Gasteiger charge is 2.38. The number of methoxy groups -OCH3 is 1. The number of hydrogen-bond acceptors (Lipinski definition) is 3. The van der Waals surface area contributed by atoms with Crippen LogP contribution in [0.3, 0.4) is 0 Å². The standard InChI is InChI=1S/C19H37NO3Si/c1-8-9-17(20-18(21)22-5)16-12-10-15(11-13-16)14-23-24(6,7)19(2,3)4/h8,15-17H,1,9-14H2,2-7H3,(H,20,21)/t15?,16?,17-/m0/s1. The minimum Gasteiger partial charge on any atom is -0.453 e. The second-order valence-electron chi connectivity index (χ2n) is 8.62. The molecule has 0 spiro atoms. The molecule has 1 saturated carbocycles. The van der Waals surface area contributed by atoms with Crippen LogP contribution >= 0.6 is 0 Å². The molecule has 0 aromatic carbocycles.